The molecule has 0 aliphatic heterocycles. The van der Waals surface area contributed by atoms with Crippen LogP contribution < -0.4 is 4.72 Å². The monoisotopic (exact) mass is 359 g/mol. The fraction of sp³-hybridized carbons (Fsp3) is 0.0769. The molecule has 0 amide bonds. The molecule has 2 aromatic carbocycles. The molecule has 0 aromatic heterocycles. The SMILES string of the molecule is O=S(=O)(Nc1cc(F)ccc1Br)c1ccccc1CO. The number of aliphatic hydroxyl groups is 1. The van der Waals surface area contributed by atoms with E-state index in [1.54, 1.807) is 12.1 Å². The second-order valence-corrected chi connectivity index (χ2v) is 6.50. The summed E-state index contributed by atoms with van der Waals surface area (Å²) in [6.45, 7) is -0.401. The van der Waals surface area contributed by atoms with Gasteiger partial charge in [0.1, 0.15) is 5.82 Å². The molecule has 20 heavy (non-hydrogen) atoms. The van der Waals surface area contributed by atoms with Crippen LogP contribution in [0.4, 0.5) is 10.1 Å². The Balaban J connectivity index is 2.43. The maximum atomic E-state index is 13.2. The van der Waals surface area contributed by atoms with E-state index >= 15 is 0 Å². The highest BCUT2D eigenvalue weighted by atomic mass is 79.9. The van der Waals surface area contributed by atoms with Gasteiger partial charge in [0.05, 0.1) is 17.2 Å². The van der Waals surface area contributed by atoms with Gasteiger partial charge in [0.15, 0.2) is 0 Å². The van der Waals surface area contributed by atoms with E-state index in [0.717, 1.165) is 6.07 Å². The summed E-state index contributed by atoms with van der Waals surface area (Å²) in [6.07, 6.45) is 0. The molecule has 0 saturated heterocycles. The van der Waals surface area contributed by atoms with Crippen LogP contribution in [-0.2, 0) is 16.6 Å². The van der Waals surface area contributed by atoms with Crippen LogP contribution in [0.25, 0.3) is 0 Å². The predicted molar refractivity (Wildman–Crippen MR) is 77.3 cm³/mol. The van der Waals surface area contributed by atoms with Crippen LogP contribution in [0.15, 0.2) is 51.8 Å². The van der Waals surface area contributed by atoms with Crippen molar-refractivity contribution in [3.63, 3.8) is 0 Å². The molecule has 0 radical (unpaired) electrons. The lowest BCUT2D eigenvalue weighted by atomic mass is 10.2. The Bertz CT molecular complexity index is 734. The summed E-state index contributed by atoms with van der Waals surface area (Å²) in [5, 5.41) is 9.19. The van der Waals surface area contributed by atoms with Gasteiger partial charge in [-0.2, -0.15) is 0 Å². The Morgan fingerprint density at radius 1 is 1.20 bits per heavy atom. The van der Waals surface area contributed by atoms with Gasteiger partial charge in [-0.05, 0) is 45.8 Å². The van der Waals surface area contributed by atoms with E-state index in [1.165, 1.54) is 24.3 Å². The lowest BCUT2D eigenvalue weighted by molar-refractivity contribution is 0.278. The van der Waals surface area contributed by atoms with Crippen molar-refractivity contribution in [3.05, 3.63) is 58.3 Å². The van der Waals surface area contributed by atoms with Crippen LogP contribution in [0.2, 0.25) is 0 Å². The first-order valence-electron chi connectivity index (χ1n) is 5.60. The van der Waals surface area contributed by atoms with E-state index < -0.39 is 22.4 Å². The number of rotatable bonds is 4. The van der Waals surface area contributed by atoms with Crippen LogP contribution in [0, 0.1) is 5.82 Å². The lowest BCUT2D eigenvalue weighted by Crippen LogP contribution is -2.15. The van der Waals surface area contributed by atoms with Gasteiger partial charge in [-0.25, -0.2) is 12.8 Å². The molecule has 106 valence electrons. The quantitative estimate of drug-likeness (QED) is 0.881. The second-order valence-electron chi connectivity index (χ2n) is 4.00. The summed E-state index contributed by atoms with van der Waals surface area (Å²) in [7, 11) is -3.90. The van der Waals surface area contributed by atoms with Crippen molar-refractivity contribution >= 4 is 31.6 Å². The maximum absolute atomic E-state index is 13.2. The first-order chi connectivity index (χ1) is 9.44. The highest BCUT2D eigenvalue weighted by Crippen LogP contribution is 2.26. The number of nitrogens with one attached hydrogen (secondary N) is 1. The smallest absolute Gasteiger partial charge is 0.262 e. The lowest BCUT2D eigenvalue weighted by Gasteiger charge is -2.12. The van der Waals surface area contributed by atoms with Gasteiger partial charge in [0.25, 0.3) is 10.0 Å². The molecule has 0 fully saturated rings. The fourth-order valence-electron chi connectivity index (χ4n) is 1.67. The molecule has 0 atom stereocenters. The zero-order chi connectivity index (χ0) is 14.8. The standard InChI is InChI=1S/C13H11BrFNO3S/c14-11-6-5-10(15)7-12(11)16-20(18,19)13-4-2-1-3-9(13)8-17/h1-7,16-17H,8H2. The molecule has 0 unspecified atom stereocenters. The molecule has 7 heteroatoms. The number of halogens is 2. The molecular formula is C13H11BrFNO3S. The van der Waals surface area contributed by atoms with Gasteiger partial charge < -0.3 is 5.11 Å². The minimum atomic E-state index is -3.90. The van der Waals surface area contributed by atoms with E-state index in [-0.39, 0.29) is 16.1 Å². The van der Waals surface area contributed by atoms with Gasteiger partial charge in [0, 0.05) is 4.47 Å². The first kappa shape index (κ1) is 15.0. The Morgan fingerprint density at radius 3 is 2.60 bits per heavy atom. The number of aliphatic hydroxyl groups excluding tert-OH is 1. The van der Waals surface area contributed by atoms with Gasteiger partial charge in [-0.1, -0.05) is 18.2 Å². The highest BCUT2D eigenvalue weighted by Gasteiger charge is 2.19. The van der Waals surface area contributed by atoms with Crippen LogP contribution in [0.1, 0.15) is 5.56 Å². The normalized spacial score (nSPS) is 11.3. The number of sulfonamides is 1. The van der Waals surface area contributed by atoms with Crippen molar-refractivity contribution in [2.24, 2.45) is 0 Å². The minimum absolute atomic E-state index is 0.0429. The molecule has 0 bridgehead atoms. The first-order valence-corrected chi connectivity index (χ1v) is 7.88. The van der Waals surface area contributed by atoms with Crippen molar-refractivity contribution in [2.45, 2.75) is 11.5 Å². The molecule has 2 N–H and O–H groups in total. The Kier molecular flexibility index (Phi) is 4.42. The fourth-order valence-corrected chi connectivity index (χ4v) is 3.45. The number of benzene rings is 2. The third-order valence-electron chi connectivity index (χ3n) is 2.61. The summed E-state index contributed by atoms with van der Waals surface area (Å²) >= 11 is 3.15. The number of anilines is 1. The number of hydrogen-bond donors (Lipinski definition) is 2. The topological polar surface area (TPSA) is 66.4 Å². The molecule has 0 aliphatic carbocycles. The van der Waals surface area contributed by atoms with Crippen LogP contribution in [-0.4, -0.2) is 13.5 Å². The average Bonchev–Trinajstić information content (AvgIpc) is 2.42. The van der Waals surface area contributed by atoms with E-state index in [9.17, 15) is 17.9 Å². The largest absolute Gasteiger partial charge is 0.392 e. The number of hydrogen-bond acceptors (Lipinski definition) is 3. The zero-order valence-corrected chi connectivity index (χ0v) is 12.6. The minimum Gasteiger partial charge on any atom is -0.392 e. The summed E-state index contributed by atoms with van der Waals surface area (Å²) < 4.78 is 40.4. The van der Waals surface area contributed by atoms with Gasteiger partial charge in [0.2, 0.25) is 0 Å². The van der Waals surface area contributed by atoms with E-state index in [4.69, 9.17) is 0 Å². The van der Waals surface area contributed by atoms with E-state index in [1.807, 2.05) is 0 Å². The summed E-state index contributed by atoms with van der Waals surface area (Å²) in [4.78, 5) is -0.0429. The molecular weight excluding hydrogens is 349 g/mol. The Labute approximate surface area is 124 Å². The molecule has 0 spiro atoms. The van der Waals surface area contributed by atoms with E-state index in [2.05, 4.69) is 20.7 Å². The summed E-state index contributed by atoms with van der Waals surface area (Å²) in [5.41, 5.74) is 0.366. The Morgan fingerprint density at radius 2 is 1.90 bits per heavy atom. The van der Waals surface area contributed by atoms with E-state index in [0.29, 0.717) is 4.47 Å². The summed E-state index contributed by atoms with van der Waals surface area (Å²) in [6, 6.07) is 9.76. The van der Waals surface area contributed by atoms with Crippen molar-refractivity contribution in [3.8, 4) is 0 Å². The summed E-state index contributed by atoms with van der Waals surface area (Å²) in [5.74, 6) is -0.554. The van der Waals surface area contributed by atoms with Crippen molar-refractivity contribution in [2.75, 3.05) is 4.72 Å². The van der Waals surface area contributed by atoms with Crippen LogP contribution >= 0.6 is 15.9 Å². The molecule has 2 rings (SSSR count). The van der Waals surface area contributed by atoms with Crippen molar-refractivity contribution in [1.29, 1.82) is 0 Å². The molecule has 0 saturated carbocycles. The van der Waals surface area contributed by atoms with Crippen LogP contribution in [0.5, 0.6) is 0 Å². The zero-order valence-electron chi connectivity index (χ0n) is 10.2. The van der Waals surface area contributed by atoms with Gasteiger partial charge in [-0.3, -0.25) is 4.72 Å². The van der Waals surface area contributed by atoms with Gasteiger partial charge in [-0.15, -0.1) is 0 Å². The highest BCUT2D eigenvalue weighted by molar-refractivity contribution is 9.10. The van der Waals surface area contributed by atoms with Gasteiger partial charge >= 0.3 is 0 Å². The molecule has 0 heterocycles. The predicted octanol–water partition coefficient (Wildman–Crippen LogP) is 2.88. The Hall–Kier alpha value is -1.44. The molecule has 0 aliphatic rings. The average molecular weight is 360 g/mol. The third-order valence-corrected chi connectivity index (χ3v) is 4.76. The molecule has 2 aromatic rings. The van der Waals surface area contributed by atoms with Crippen molar-refractivity contribution in [1.82, 2.24) is 0 Å². The van der Waals surface area contributed by atoms with Crippen molar-refractivity contribution < 1.29 is 17.9 Å². The maximum Gasteiger partial charge on any atom is 0.262 e. The molecule has 4 nitrogen and oxygen atoms in total. The second kappa shape index (κ2) is 5.90. The third kappa shape index (κ3) is 3.17. The van der Waals surface area contributed by atoms with Crippen LogP contribution in [0.3, 0.4) is 0 Å².